The van der Waals surface area contributed by atoms with Crippen molar-refractivity contribution in [2.45, 2.75) is 32.9 Å². The lowest BCUT2D eigenvalue weighted by Gasteiger charge is -2.12. The highest BCUT2D eigenvalue weighted by atomic mass is 16.2. The van der Waals surface area contributed by atoms with Crippen molar-refractivity contribution in [2.24, 2.45) is 0 Å². The first-order chi connectivity index (χ1) is 9.15. The number of carbonyl (C=O) groups excluding carboxylic acids is 1. The van der Waals surface area contributed by atoms with Crippen LogP contribution in [0.5, 0.6) is 0 Å². The zero-order valence-corrected chi connectivity index (χ0v) is 11.2. The van der Waals surface area contributed by atoms with E-state index >= 15 is 0 Å². The molecule has 1 aromatic heterocycles. The molecule has 0 fully saturated rings. The van der Waals surface area contributed by atoms with Gasteiger partial charge in [-0.1, -0.05) is 25.1 Å². The summed E-state index contributed by atoms with van der Waals surface area (Å²) in [6, 6.07) is 9.96. The van der Waals surface area contributed by atoms with Gasteiger partial charge in [0.25, 0.3) is 0 Å². The number of fused-ring (bicyclic) bond motifs is 1. The number of nitriles is 1. The molecule has 0 spiro atoms. The molecule has 2 rings (SSSR count). The van der Waals surface area contributed by atoms with Crippen LogP contribution in [-0.2, 0) is 11.3 Å². The lowest BCUT2D eigenvalue weighted by molar-refractivity contribution is -0.122. The number of benzene rings is 1. The van der Waals surface area contributed by atoms with Crippen LogP contribution >= 0.6 is 0 Å². The SMILES string of the molecule is CCC(C)NC(=O)Cn1cc(C#N)c2ccccc21. The van der Waals surface area contributed by atoms with Gasteiger partial charge in [-0.15, -0.1) is 0 Å². The van der Waals surface area contributed by atoms with Gasteiger partial charge in [0.1, 0.15) is 12.6 Å². The molecule has 0 aliphatic rings. The third-order valence-corrected chi connectivity index (χ3v) is 3.24. The lowest BCUT2D eigenvalue weighted by Crippen LogP contribution is -2.34. The Labute approximate surface area is 112 Å². The predicted molar refractivity (Wildman–Crippen MR) is 74.5 cm³/mol. The molecule has 1 heterocycles. The Balaban J connectivity index is 2.26. The molecule has 1 amide bonds. The summed E-state index contributed by atoms with van der Waals surface area (Å²) in [5.74, 6) is -0.0282. The lowest BCUT2D eigenvalue weighted by atomic mass is 10.2. The van der Waals surface area contributed by atoms with Crippen molar-refractivity contribution in [3.63, 3.8) is 0 Å². The predicted octanol–water partition coefficient (Wildman–Crippen LogP) is 2.43. The first kappa shape index (κ1) is 13.2. The summed E-state index contributed by atoms with van der Waals surface area (Å²) in [7, 11) is 0. The fourth-order valence-electron chi connectivity index (χ4n) is 2.04. The van der Waals surface area contributed by atoms with Crippen molar-refractivity contribution in [3.8, 4) is 6.07 Å². The number of aromatic nitrogens is 1. The molecule has 0 saturated heterocycles. The van der Waals surface area contributed by atoms with Gasteiger partial charge in [-0.2, -0.15) is 5.26 Å². The maximum absolute atomic E-state index is 11.9. The first-order valence-corrected chi connectivity index (χ1v) is 6.43. The van der Waals surface area contributed by atoms with Crippen molar-refractivity contribution in [1.82, 2.24) is 9.88 Å². The Morgan fingerprint density at radius 3 is 2.89 bits per heavy atom. The number of para-hydroxylation sites is 1. The number of nitrogens with one attached hydrogen (secondary N) is 1. The second-order valence-electron chi connectivity index (χ2n) is 4.68. The largest absolute Gasteiger partial charge is 0.352 e. The zero-order valence-electron chi connectivity index (χ0n) is 11.2. The van der Waals surface area contributed by atoms with E-state index in [9.17, 15) is 4.79 Å². The zero-order chi connectivity index (χ0) is 13.8. The van der Waals surface area contributed by atoms with Gasteiger partial charge in [0, 0.05) is 23.1 Å². The van der Waals surface area contributed by atoms with E-state index in [1.807, 2.05) is 42.7 Å². The van der Waals surface area contributed by atoms with E-state index < -0.39 is 0 Å². The summed E-state index contributed by atoms with van der Waals surface area (Å²) >= 11 is 0. The Bertz CT molecular complexity index is 636. The average Bonchev–Trinajstić information content (AvgIpc) is 2.77. The van der Waals surface area contributed by atoms with Crippen LogP contribution in [0.1, 0.15) is 25.8 Å². The highest BCUT2D eigenvalue weighted by molar-refractivity contribution is 5.88. The van der Waals surface area contributed by atoms with Crippen molar-refractivity contribution >= 4 is 16.8 Å². The molecule has 98 valence electrons. The van der Waals surface area contributed by atoms with E-state index in [1.54, 1.807) is 6.20 Å². The van der Waals surface area contributed by atoms with Crippen LogP contribution < -0.4 is 5.32 Å². The van der Waals surface area contributed by atoms with Crippen LogP contribution in [0, 0.1) is 11.3 Å². The van der Waals surface area contributed by atoms with Crippen molar-refractivity contribution in [2.75, 3.05) is 0 Å². The quantitative estimate of drug-likeness (QED) is 0.912. The number of amides is 1. The smallest absolute Gasteiger partial charge is 0.240 e. The molecule has 0 bridgehead atoms. The number of carbonyl (C=O) groups is 1. The van der Waals surface area contributed by atoms with Gasteiger partial charge in [-0.3, -0.25) is 4.79 Å². The maximum Gasteiger partial charge on any atom is 0.240 e. The van der Waals surface area contributed by atoms with E-state index in [0.29, 0.717) is 5.56 Å². The minimum Gasteiger partial charge on any atom is -0.352 e. The number of hydrogen-bond donors (Lipinski definition) is 1. The third kappa shape index (κ3) is 2.76. The summed E-state index contributed by atoms with van der Waals surface area (Å²) in [4.78, 5) is 11.9. The molecule has 0 aliphatic carbocycles. The summed E-state index contributed by atoms with van der Waals surface area (Å²) in [6.07, 6.45) is 2.64. The van der Waals surface area contributed by atoms with Crippen LogP contribution in [0.3, 0.4) is 0 Å². The fraction of sp³-hybridized carbons (Fsp3) is 0.333. The molecular formula is C15H17N3O. The van der Waals surface area contributed by atoms with Gasteiger partial charge >= 0.3 is 0 Å². The van der Waals surface area contributed by atoms with Gasteiger partial charge in [-0.05, 0) is 19.4 Å². The summed E-state index contributed by atoms with van der Waals surface area (Å²) in [6.45, 7) is 4.25. The number of hydrogen-bond acceptors (Lipinski definition) is 2. The van der Waals surface area contributed by atoms with Crippen LogP contribution in [0.15, 0.2) is 30.5 Å². The van der Waals surface area contributed by atoms with Crippen LogP contribution in [0.4, 0.5) is 0 Å². The van der Waals surface area contributed by atoms with Crippen LogP contribution in [0.25, 0.3) is 10.9 Å². The Morgan fingerprint density at radius 1 is 1.47 bits per heavy atom. The Kier molecular flexibility index (Phi) is 3.86. The average molecular weight is 255 g/mol. The normalized spacial score (nSPS) is 12.1. The van der Waals surface area contributed by atoms with E-state index in [4.69, 9.17) is 5.26 Å². The number of nitrogens with zero attached hydrogens (tertiary/aromatic N) is 2. The standard InChI is InChI=1S/C15H17N3O/c1-3-11(2)17-15(19)10-18-9-12(8-16)13-6-4-5-7-14(13)18/h4-7,9,11H,3,10H2,1-2H3,(H,17,19). The second-order valence-corrected chi connectivity index (χ2v) is 4.68. The third-order valence-electron chi connectivity index (χ3n) is 3.24. The molecular weight excluding hydrogens is 238 g/mol. The molecule has 2 aromatic rings. The molecule has 4 heteroatoms. The number of rotatable bonds is 4. The molecule has 4 nitrogen and oxygen atoms in total. The summed E-state index contributed by atoms with van der Waals surface area (Å²) in [5, 5.41) is 12.9. The molecule has 0 saturated carbocycles. The Morgan fingerprint density at radius 2 is 2.21 bits per heavy atom. The van der Waals surface area contributed by atoms with Crippen molar-refractivity contribution < 1.29 is 4.79 Å². The topological polar surface area (TPSA) is 57.8 Å². The molecule has 1 aromatic carbocycles. The van der Waals surface area contributed by atoms with Gasteiger partial charge < -0.3 is 9.88 Å². The van der Waals surface area contributed by atoms with Crippen LogP contribution in [-0.4, -0.2) is 16.5 Å². The molecule has 0 aliphatic heterocycles. The first-order valence-electron chi connectivity index (χ1n) is 6.43. The summed E-state index contributed by atoms with van der Waals surface area (Å²) in [5.41, 5.74) is 1.52. The minimum absolute atomic E-state index is 0.0282. The van der Waals surface area contributed by atoms with E-state index in [-0.39, 0.29) is 18.5 Å². The molecule has 1 N–H and O–H groups in total. The summed E-state index contributed by atoms with van der Waals surface area (Å²) < 4.78 is 1.82. The van der Waals surface area contributed by atoms with Gasteiger partial charge in [-0.25, -0.2) is 0 Å². The van der Waals surface area contributed by atoms with Gasteiger partial charge in [0.15, 0.2) is 0 Å². The maximum atomic E-state index is 11.9. The second kappa shape index (κ2) is 5.57. The van der Waals surface area contributed by atoms with Crippen LogP contribution in [0.2, 0.25) is 0 Å². The van der Waals surface area contributed by atoms with Gasteiger partial charge in [0.2, 0.25) is 5.91 Å². The van der Waals surface area contributed by atoms with E-state index in [0.717, 1.165) is 17.3 Å². The molecule has 0 radical (unpaired) electrons. The molecule has 1 atom stereocenters. The minimum atomic E-state index is -0.0282. The Hall–Kier alpha value is -2.28. The highest BCUT2D eigenvalue weighted by Gasteiger charge is 2.11. The monoisotopic (exact) mass is 255 g/mol. The van der Waals surface area contributed by atoms with Crippen molar-refractivity contribution in [1.29, 1.82) is 5.26 Å². The van der Waals surface area contributed by atoms with E-state index in [2.05, 4.69) is 11.4 Å². The highest BCUT2D eigenvalue weighted by Crippen LogP contribution is 2.20. The molecule has 1 unspecified atom stereocenters. The van der Waals surface area contributed by atoms with Gasteiger partial charge in [0.05, 0.1) is 5.56 Å². The van der Waals surface area contributed by atoms with E-state index in [1.165, 1.54) is 0 Å². The molecule has 19 heavy (non-hydrogen) atoms. The van der Waals surface area contributed by atoms with Crippen molar-refractivity contribution in [3.05, 3.63) is 36.0 Å². The fourth-order valence-corrected chi connectivity index (χ4v) is 2.04.